The topological polar surface area (TPSA) is 66.9 Å². The number of benzene rings is 1. The van der Waals surface area contributed by atoms with Crippen molar-refractivity contribution in [3.05, 3.63) is 83.6 Å². The minimum Gasteiger partial charge on any atom is -0.348 e. The van der Waals surface area contributed by atoms with E-state index in [0.29, 0.717) is 12.1 Å². The first-order valence-electron chi connectivity index (χ1n) is 7.58. The van der Waals surface area contributed by atoms with E-state index in [1.807, 2.05) is 0 Å². The van der Waals surface area contributed by atoms with Crippen LogP contribution in [0.3, 0.4) is 0 Å². The predicted molar refractivity (Wildman–Crippen MR) is 89.2 cm³/mol. The van der Waals surface area contributed by atoms with Gasteiger partial charge in [0.2, 0.25) is 0 Å². The highest BCUT2D eigenvalue weighted by atomic mass is 19.2. The van der Waals surface area contributed by atoms with Crippen molar-refractivity contribution in [2.75, 3.05) is 5.32 Å². The molecule has 0 atom stereocenters. The average molecular weight is 358 g/mol. The molecule has 3 aromatic rings. The van der Waals surface area contributed by atoms with Gasteiger partial charge < -0.3 is 10.6 Å². The van der Waals surface area contributed by atoms with Gasteiger partial charge in [0.05, 0.1) is 11.3 Å². The molecule has 1 amide bonds. The molecule has 0 aliphatic carbocycles. The van der Waals surface area contributed by atoms with Gasteiger partial charge in [0.25, 0.3) is 5.91 Å². The minimum atomic E-state index is -1.57. The first-order chi connectivity index (χ1) is 12.5. The van der Waals surface area contributed by atoms with Crippen molar-refractivity contribution in [2.24, 2.45) is 0 Å². The number of aromatic nitrogens is 2. The third-order valence-corrected chi connectivity index (χ3v) is 3.53. The molecular formula is C18H13F3N4O. The first kappa shape index (κ1) is 17.4. The Hall–Kier alpha value is -3.42. The number of carbonyl (C=O) groups is 1. The number of pyridine rings is 2. The van der Waals surface area contributed by atoms with Crippen molar-refractivity contribution < 1.29 is 18.0 Å². The molecule has 0 saturated heterocycles. The Bertz CT molecular complexity index is 918. The average Bonchev–Trinajstić information content (AvgIpc) is 2.68. The highest BCUT2D eigenvalue weighted by molar-refractivity contribution is 5.94. The summed E-state index contributed by atoms with van der Waals surface area (Å²) in [5, 5.41) is 5.26. The van der Waals surface area contributed by atoms with E-state index in [0.717, 1.165) is 17.7 Å². The van der Waals surface area contributed by atoms with E-state index in [1.165, 1.54) is 18.3 Å². The standard InChI is InChI=1S/C18H13F3N4O/c19-13-2-3-14(17(21)16(13)20)25-15-4-1-12(10-23-15)18(26)24-9-11-5-7-22-8-6-11/h1-8,10H,9H2,(H,23,25)(H,24,26). The number of hydrogen-bond donors (Lipinski definition) is 2. The molecule has 3 rings (SSSR count). The molecule has 0 saturated carbocycles. The SMILES string of the molecule is O=C(NCc1ccncc1)c1ccc(Nc2ccc(F)c(F)c2F)nc1. The number of rotatable bonds is 5. The number of nitrogens with one attached hydrogen (secondary N) is 2. The zero-order valence-corrected chi connectivity index (χ0v) is 13.3. The molecule has 0 spiro atoms. The van der Waals surface area contributed by atoms with Crippen molar-refractivity contribution in [3.63, 3.8) is 0 Å². The van der Waals surface area contributed by atoms with Crippen LogP contribution in [0.5, 0.6) is 0 Å². The lowest BCUT2D eigenvalue weighted by atomic mass is 10.2. The maximum absolute atomic E-state index is 13.6. The quantitative estimate of drug-likeness (QED) is 0.685. The molecule has 2 aromatic heterocycles. The fraction of sp³-hybridized carbons (Fsp3) is 0.0556. The Morgan fingerprint density at radius 2 is 1.73 bits per heavy atom. The van der Waals surface area contributed by atoms with Crippen LogP contribution in [-0.4, -0.2) is 15.9 Å². The largest absolute Gasteiger partial charge is 0.348 e. The Kier molecular flexibility index (Phi) is 5.12. The van der Waals surface area contributed by atoms with Crippen molar-refractivity contribution in [1.82, 2.24) is 15.3 Å². The lowest BCUT2D eigenvalue weighted by Crippen LogP contribution is -2.22. The molecular weight excluding hydrogens is 345 g/mol. The third kappa shape index (κ3) is 3.97. The molecule has 0 radical (unpaired) electrons. The van der Waals surface area contributed by atoms with Crippen LogP contribution in [0, 0.1) is 17.5 Å². The van der Waals surface area contributed by atoms with Crippen LogP contribution in [0.1, 0.15) is 15.9 Å². The maximum Gasteiger partial charge on any atom is 0.253 e. The molecule has 2 N–H and O–H groups in total. The third-order valence-electron chi connectivity index (χ3n) is 3.53. The number of nitrogens with zero attached hydrogens (tertiary/aromatic N) is 2. The minimum absolute atomic E-state index is 0.181. The van der Waals surface area contributed by atoms with E-state index in [-0.39, 0.29) is 17.4 Å². The Morgan fingerprint density at radius 3 is 2.42 bits per heavy atom. The van der Waals surface area contributed by atoms with Crippen LogP contribution in [0.25, 0.3) is 0 Å². The second kappa shape index (κ2) is 7.64. The van der Waals surface area contributed by atoms with Gasteiger partial charge in [0.15, 0.2) is 17.5 Å². The summed E-state index contributed by atoms with van der Waals surface area (Å²) in [6.45, 7) is 0.335. The molecule has 26 heavy (non-hydrogen) atoms. The molecule has 132 valence electrons. The molecule has 0 aliphatic rings. The van der Waals surface area contributed by atoms with E-state index < -0.39 is 17.5 Å². The van der Waals surface area contributed by atoms with Gasteiger partial charge in [-0.05, 0) is 42.0 Å². The van der Waals surface area contributed by atoms with E-state index in [4.69, 9.17) is 0 Å². The van der Waals surface area contributed by atoms with Crippen LogP contribution in [0.15, 0.2) is 55.0 Å². The first-order valence-corrected chi connectivity index (χ1v) is 7.58. The van der Waals surface area contributed by atoms with Crippen LogP contribution < -0.4 is 10.6 Å². The van der Waals surface area contributed by atoms with Gasteiger partial charge in [-0.15, -0.1) is 0 Å². The summed E-state index contributed by atoms with van der Waals surface area (Å²) in [7, 11) is 0. The molecule has 1 aromatic carbocycles. The van der Waals surface area contributed by atoms with Gasteiger partial charge in [0.1, 0.15) is 5.82 Å². The number of carbonyl (C=O) groups excluding carboxylic acids is 1. The van der Waals surface area contributed by atoms with Crippen LogP contribution >= 0.6 is 0 Å². The summed E-state index contributed by atoms with van der Waals surface area (Å²) in [6, 6.07) is 8.34. The van der Waals surface area contributed by atoms with Crippen LogP contribution in [0.4, 0.5) is 24.7 Å². The molecule has 5 nitrogen and oxygen atoms in total. The maximum atomic E-state index is 13.6. The van der Waals surface area contributed by atoms with E-state index >= 15 is 0 Å². The lowest BCUT2D eigenvalue weighted by molar-refractivity contribution is 0.0950. The smallest absolute Gasteiger partial charge is 0.253 e. The summed E-state index contributed by atoms with van der Waals surface area (Å²) < 4.78 is 39.8. The monoisotopic (exact) mass is 358 g/mol. The number of anilines is 2. The van der Waals surface area contributed by atoms with Crippen molar-refractivity contribution in [2.45, 2.75) is 6.54 Å². The Balaban J connectivity index is 1.65. The van der Waals surface area contributed by atoms with Gasteiger partial charge in [0, 0.05) is 25.1 Å². The highest BCUT2D eigenvalue weighted by Gasteiger charge is 2.14. The normalized spacial score (nSPS) is 10.4. The number of amides is 1. The highest BCUT2D eigenvalue weighted by Crippen LogP contribution is 2.22. The number of hydrogen-bond acceptors (Lipinski definition) is 4. The molecule has 0 bridgehead atoms. The fourth-order valence-corrected chi connectivity index (χ4v) is 2.15. The molecule has 0 unspecified atom stereocenters. The van der Waals surface area contributed by atoms with E-state index in [1.54, 1.807) is 24.5 Å². The predicted octanol–water partition coefficient (Wildman–Crippen LogP) is 3.57. The van der Waals surface area contributed by atoms with E-state index in [2.05, 4.69) is 20.6 Å². The van der Waals surface area contributed by atoms with Crippen LogP contribution in [-0.2, 0) is 6.54 Å². The van der Waals surface area contributed by atoms with E-state index in [9.17, 15) is 18.0 Å². The van der Waals surface area contributed by atoms with Gasteiger partial charge in [-0.2, -0.15) is 0 Å². The van der Waals surface area contributed by atoms with Crippen molar-refractivity contribution in [3.8, 4) is 0 Å². The van der Waals surface area contributed by atoms with Gasteiger partial charge in [-0.1, -0.05) is 0 Å². The molecule has 0 aliphatic heterocycles. The van der Waals surface area contributed by atoms with Gasteiger partial charge in [-0.25, -0.2) is 18.2 Å². The summed E-state index contributed by atoms with van der Waals surface area (Å²) >= 11 is 0. The Morgan fingerprint density at radius 1 is 0.962 bits per heavy atom. The summed E-state index contributed by atoms with van der Waals surface area (Å²) in [5.74, 6) is -4.34. The summed E-state index contributed by atoms with van der Waals surface area (Å²) in [4.78, 5) is 20.0. The molecule has 2 heterocycles. The zero-order chi connectivity index (χ0) is 18.5. The van der Waals surface area contributed by atoms with Crippen molar-refractivity contribution >= 4 is 17.4 Å². The fourth-order valence-electron chi connectivity index (χ4n) is 2.15. The molecule has 0 fully saturated rings. The Labute approximate surface area is 146 Å². The van der Waals surface area contributed by atoms with Gasteiger partial charge in [-0.3, -0.25) is 9.78 Å². The molecule has 8 heteroatoms. The number of halogens is 3. The second-order valence-electron chi connectivity index (χ2n) is 5.32. The van der Waals surface area contributed by atoms with Gasteiger partial charge >= 0.3 is 0 Å². The second-order valence-corrected chi connectivity index (χ2v) is 5.32. The summed E-state index contributed by atoms with van der Waals surface area (Å²) in [6.07, 6.45) is 4.55. The van der Waals surface area contributed by atoms with Crippen LogP contribution in [0.2, 0.25) is 0 Å². The lowest BCUT2D eigenvalue weighted by Gasteiger charge is -2.09. The zero-order valence-electron chi connectivity index (χ0n) is 13.3. The van der Waals surface area contributed by atoms with Crippen molar-refractivity contribution in [1.29, 1.82) is 0 Å². The summed E-state index contributed by atoms with van der Waals surface area (Å²) in [5.41, 5.74) is 0.940.